The van der Waals surface area contributed by atoms with Crippen LogP contribution in [0.1, 0.15) is 26.3 Å². The highest BCUT2D eigenvalue weighted by Crippen LogP contribution is 2.25. The predicted octanol–water partition coefficient (Wildman–Crippen LogP) is 3.38. The van der Waals surface area contributed by atoms with Crippen molar-refractivity contribution in [3.05, 3.63) is 46.5 Å². The number of benzene rings is 1. The highest BCUT2D eigenvalue weighted by molar-refractivity contribution is 5.67. The molecule has 1 aromatic heterocycles. The lowest BCUT2D eigenvalue weighted by molar-refractivity contribution is -0.384. The van der Waals surface area contributed by atoms with Crippen LogP contribution in [-0.2, 0) is 0 Å². The number of rotatable bonds is 3. The summed E-state index contributed by atoms with van der Waals surface area (Å²) in [6.07, 6.45) is 1.60. The van der Waals surface area contributed by atoms with Gasteiger partial charge in [-0.1, -0.05) is 11.8 Å². The molecular weight excluding hydrogens is 326 g/mol. The van der Waals surface area contributed by atoms with Crippen LogP contribution in [0.2, 0.25) is 0 Å². The summed E-state index contributed by atoms with van der Waals surface area (Å²) in [4.78, 5) is 26.8. The van der Waals surface area contributed by atoms with E-state index in [1.54, 1.807) is 26.8 Å². The van der Waals surface area contributed by atoms with Crippen LogP contribution in [0.5, 0.6) is 0 Å². The number of hydrogen-bond acceptors (Lipinski definition) is 5. The largest absolute Gasteiger partial charge is 0.465 e. The molecule has 0 aliphatic carbocycles. The van der Waals surface area contributed by atoms with Crippen molar-refractivity contribution in [2.75, 3.05) is 6.54 Å². The van der Waals surface area contributed by atoms with E-state index in [1.165, 1.54) is 29.6 Å². The van der Waals surface area contributed by atoms with Gasteiger partial charge in [-0.2, -0.15) is 0 Å². The average molecular weight is 343 g/mol. The zero-order valence-corrected chi connectivity index (χ0v) is 14.0. The number of nitro benzene ring substituents is 1. The minimum Gasteiger partial charge on any atom is -0.465 e. The number of oxazole rings is 1. The van der Waals surface area contributed by atoms with Gasteiger partial charge >= 0.3 is 6.09 Å². The lowest BCUT2D eigenvalue weighted by atomic mass is 10.1. The summed E-state index contributed by atoms with van der Waals surface area (Å²) in [5.74, 6) is 5.92. The molecule has 8 nitrogen and oxygen atoms in total. The Kier molecular flexibility index (Phi) is 5.08. The average Bonchev–Trinajstić information content (AvgIpc) is 3.04. The summed E-state index contributed by atoms with van der Waals surface area (Å²) < 4.78 is 5.16. The molecule has 1 heterocycles. The van der Waals surface area contributed by atoms with Crippen LogP contribution >= 0.6 is 0 Å². The van der Waals surface area contributed by atoms with Gasteiger partial charge in [0.05, 0.1) is 17.7 Å². The third-order valence-corrected chi connectivity index (χ3v) is 3.36. The first-order valence-electron chi connectivity index (χ1n) is 7.36. The summed E-state index contributed by atoms with van der Waals surface area (Å²) in [6, 6.07) is 4.32. The molecule has 1 amide bonds. The van der Waals surface area contributed by atoms with Crippen molar-refractivity contribution in [1.29, 1.82) is 0 Å². The van der Waals surface area contributed by atoms with E-state index in [2.05, 4.69) is 16.8 Å². The van der Waals surface area contributed by atoms with Crippen LogP contribution < -0.4 is 0 Å². The summed E-state index contributed by atoms with van der Waals surface area (Å²) in [5.41, 5.74) is 0.125. The van der Waals surface area contributed by atoms with Crippen molar-refractivity contribution in [1.82, 2.24) is 9.88 Å². The van der Waals surface area contributed by atoms with Gasteiger partial charge in [-0.3, -0.25) is 15.0 Å². The number of carboxylic acid groups (broad SMARTS) is 1. The van der Waals surface area contributed by atoms with E-state index in [-0.39, 0.29) is 12.2 Å². The van der Waals surface area contributed by atoms with Crippen LogP contribution in [0.15, 0.2) is 35.2 Å². The topological polar surface area (TPSA) is 110 Å². The molecule has 0 unspecified atom stereocenters. The summed E-state index contributed by atoms with van der Waals surface area (Å²) in [7, 11) is 0. The Labute approximate surface area is 144 Å². The van der Waals surface area contributed by atoms with Gasteiger partial charge in [0.25, 0.3) is 5.69 Å². The molecular formula is C17H17N3O5. The van der Waals surface area contributed by atoms with Crippen molar-refractivity contribution in [2.45, 2.75) is 26.3 Å². The zero-order valence-electron chi connectivity index (χ0n) is 14.0. The van der Waals surface area contributed by atoms with Gasteiger partial charge in [-0.15, -0.1) is 0 Å². The Morgan fingerprint density at radius 1 is 1.40 bits per heavy atom. The van der Waals surface area contributed by atoms with Crippen molar-refractivity contribution in [3.63, 3.8) is 0 Å². The van der Waals surface area contributed by atoms with E-state index < -0.39 is 16.6 Å². The molecule has 2 aromatic rings. The van der Waals surface area contributed by atoms with Gasteiger partial charge in [-0.25, -0.2) is 9.78 Å². The molecule has 1 aromatic carbocycles. The molecule has 0 fully saturated rings. The molecule has 0 aliphatic rings. The lowest BCUT2D eigenvalue weighted by Crippen LogP contribution is -2.45. The molecule has 0 aliphatic heterocycles. The van der Waals surface area contributed by atoms with Crippen molar-refractivity contribution < 1.29 is 19.2 Å². The van der Waals surface area contributed by atoms with Crippen LogP contribution in [0.4, 0.5) is 10.5 Å². The molecule has 0 bridgehead atoms. The van der Waals surface area contributed by atoms with Gasteiger partial charge in [0.15, 0.2) is 12.2 Å². The van der Waals surface area contributed by atoms with Gasteiger partial charge in [0, 0.05) is 28.8 Å². The quantitative estimate of drug-likeness (QED) is 0.520. The van der Waals surface area contributed by atoms with E-state index in [4.69, 9.17) is 4.42 Å². The molecule has 8 heteroatoms. The summed E-state index contributed by atoms with van der Waals surface area (Å²) in [6.45, 7) is 5.27. The fraction of sp³-hybridized carbons (Fsp3) is 0.294. The smallest absolute Gasteiger partial charge is 0.408 e. The molecule has 0 saturated heterocycles. The molecule has 130 valence electrons. The van der Waals surface area contributed by atoms with Crippen molar-refractivity contribution in [2.24, 2.45) is 0 Å². The Morgan fingerprint density at radius 2 is 2.12 bits per heavy atom. The Bertz CT molecular complexity index is 841. The normalized spacial score (nSPS) is 10.7. The third-order valence-electron chi connectivity index (χ3n) is 3.36. The fourth-order valence-corrected chi connectivity index (χ4v) is 2.10. The molecule has 0 radical (unpaired) electrons. The molecule has 0 saturated carbocycles. The van der Waals surface area contributed by atoms with E-state index in [1.807, 2.05) is 0 Å². The standard InChI is InChI=1S/C17H17N3O5/c1-17(2,3)19(16(21)22)6-4-5-12-7-13(15-10-18-11-25-15)9-14(8-12)20(23)24/h7-11H,6H2,1-3H3,(H,21,22). The van der Waals surface area contributed by atoms with Crippen LogP contribution in [-0.4, -0.2) is 38.1 Å². The minimum atomic E-state index is -1.08. The second kappa shape index (κ2) is 7.05. The second-order valence-corrected chi connectivity index (χ2v) is 6.23. The number of nitro groups is 1. The minimum absolute atomic E-state index is 0.0147. The highest BCUT2D eigenvalue weighted by Gasteiger charge is 2.24. The van der Waals surface area contributed by atoms with Crippen LogP contribution in [0, 0.1) is 22.0 Å². The molecule has 0 atom stereocenters. The maximum absolute atomic E-state index is 11.3. The van der Waals surface area contributed by atoms with Gasteiger partial charge in [-0.05, 0) is 26.8 Å². The summed E-state index contributed by atoms with van der Waals surface area (Å²) in [5, 5.41) is 20.3. The van der Waals surface area contributed by atoms with Gasteiger partial charge < -0.3 is 9.52 Å². The Morgan fingerprint density at radius 3 is 2.64 bits per heavy atom. The zero-order chi connectivity index (χ0) is 18.6. The first kappa shape index (κ1) is 18.0. The van der Waals surface area contributed by atoms with Crippen molar-refractivity contribution >= 4 is 11.8 Å². The van der Waals surface area contributed by atoms with Gasteiger partial charge in [0.2, 0.25) is 0 Å². The third kappa shape index (κ3) is 4.57. The second-order valence-electron chi connectivity index (χ2n) is 6.23. The van der Waals surface area contributed by atoms with Crippen LogP contribution in [0.3, 0.4) is 0 Å². The maximum atomic E-state index is 11.3. The van der Waals surface area contributed by atoms with E-state index >= 15 is 0 Å². The maximum Gasteiger partial charge on any atom is 0.408 e. The number of nitrogens with zero attached hydrogens (tertiary/aromatic N) is 3. The Balaban J connectivity index is 2.34. The number of carbonyl (C=O) groups is 1. The van der Waals surface area contributed by atoms with Gasteiger partial charge in [0.1, 0.15) is 0 Å². The number of amides is 1. The fourth-order valence-electron chi connectivity index (χ4n) is 2.10. The lowest BCUT2D eigenvalue weighted by Gasteiger charge is -2.31. The number of non-ortho nitro benzene ring substituents is 1. The van der Waals surface area contributed by atoms with E-state index in [0.717, 1.165) is 0 Å². The van der Waals surface area contributed by atoms with Crippen molar-refractivity contribution in [3.8, 4) is 23.2 Å². The molecule has 1 N–H and O–H groups in total. The predicted molar refractivity (Wildman–Crippen MR) is 90.0 cm³/mol. The van der Waals surface area contributed by atoms with E-state index in [9.17, 15) is 20.0 Å². The first-order valence-corrected chi connectivity index (χ1v) is 7.36. The molecule has 2 rings (SSSR count). The SMILES string of the molecule is CC(C)(C)N(CC#Cc1cc(-c2cnco2)cc([N+](=O)[O-])c1)C(=O)O. The number of aromatic nitrogens is 1. The number of hydrogen-bond donors (Lipinski definition) is 1. The Hall–Kier alpha value is -3.34. The monoisotopic (exact) mass is 343 g/mol. The molecule has 25 heavy (non-hydrogen) atoms. The summed E-state index contributed by atoms with van der Waals surface area (Å²) >= 11 is 0. The highest BCUT2D eigenvalue weighted by atomic mass is 16.6. The molecule has 0 spiro atoms. The van der Waals surface area contributed by atoms with Crippen LogP contribution in [0.25, 0.3) is 11.3 Å². The first-order chi connectivity index (χ1) is 11.7. The van der Waals surface area contributed by atoms with E-state index in [0.29, 0.717) is 16.9 Å².